The van der Waals surface area contributed by atoms with Crippen LogP contribution in [-0.2, 0) is 16.1 Å². The summed E-state index contributed by atoms with van der Waals surface area (Å²) in [7, 11) is 1.63. The molecule has 2 atom stereocenters. The van der Waals surface area contributed by atoms with Crippen LogP contribution in [0.1, 0.15) is 36.7 Å². The molecule has 36 heavy (non-hydrogen) atoms. The number of carbonyl (C=O) groups excluding carboxylic acids is 1. The zero-order valence-electron chi connectivity index (χ0n) is 20.2. The molecule has 4 aromatic rings. The number of esters is 1. The van der Waals surface area contributed by atoms with Crippen LogP contribution in [0.2, 0.25) is 0 Å². The highest BCUT2D eigenvalue weighted by Gasteiger charge is 2.40. The highest BCUT2D eigenvalue weighted by atomic mass is 16.6. The maximum absolute atomic E-state index is 11.0. The normalized spacial score (nSPS) is 16.4. The van der Waals surface area contributed by atoms with Crippen LogP contribution >= 0.6 is 0 Å². The standard InChI is InChI=1S/C26H25N5O5/c1-15-27-12-22(17-4-6-18(7-5-17)25-30-24(36-31-25)14-34-16(2)32)26(29-15)35-13-19-10-21(19)23-9-8-20(33-3)11-28-23/h4-9,11-12,19,21H,10,13-14H2,1-3H3/t19-,21+/m1/s1. The topological polar surface area (TPSA) is 122 Å². The molecule has 0 spiro atoms. The minimum Gasteiger partial charge on any atom is -0.495 e. The third kappa shape index (κ3) is 5.32. The molecule has 0 amide bonds. The molecule has 1 aromatic carbocycles. The van der Waals surface area contributed by atoms with Crippen molar-refractivity contribution in [3.8, 4) is 34.1 Å². The fourth-order valence-electron chi connectivity index (χ4n) is 3.86. The highest BCUT2D eigenvalue weighted by molar-refractivity contribution is 5.70. The van der Waals surface area contributed by atoms with E-state index in [0.29, 0.717) is 36.0 Å². The molecule has 0 bridgehead atoms. The Kier molecular flexibility index (Phi) is 6.57. The molecule has 10 heteroatoms. The summed E-state index contributed by atoms with van der Waals surface area (Å²) in [6.45, 7) is 3.65. The van der Waals surface area contributed by atoms with Gasteiger partial charge in [-0.2, -0.15) is 9.97 Å². The monoisotopic (exact) mass is 487 g/mol. The molecule has 0 unspecified atom stereocenters. The molecule has 184 valence electrons. The third-order valence-electron chi connectivity index (χ3n) is 5.93. The number of hydrogen-bond acceptors (Lipinski definition) is 10. The Morgan fingerprint density at radius 3 is 2.58 bits per heavy atom. The Hall–Kier alpha value is -4.34. The number of rotatable bonds is 9. The lowest BCUT2D eigenvalue weighted by Crippen LogP contribution is -2.05. The van der Waals surface area contributed by atoms with Gasteiger partial charge < -0.3 is 18.7 Å². The van der Waals surface area contributed by atoms with Gasteiger partial charge in [0, 0.05) is 36.2 Å². The van der Waals surface area contributed by atoms with Gasteiger partial charge in [0.1, 0.15) is 11.6 Å². The van der Waals surface area contributed by atoms with Crippen LogP contribution in [0.25, 0.3) is 22.5 Å². The minimum absolute atomic E-state index is 0.0573. The van der Waals surface area contributed by atoms with E-state index in [4.69, 9.17) is 18.7 Å². The van der Waals surface area contributed by atoms with E-state index in [1.807, 2.05) is 43.3 Å². The van der Waals surface area contributed by atoms with Crippen molar-refractivity contribution in [2.75, 3.05) is 13.7 Å². The smallest absolute Gasteiger partial charge is 0.303 e. The van der Waals surface area contributed by atoms with Crippen LogP contribution in [0.5, 0.6) is 11.6 Å². The Morgan fingerprint density at radius 2 is 1.86 bits per heavy atom. The number of benzene rings is 1. The number of aromatic nitrogens is 5. The van der Waals surface area contributed by atoms with Gasteiger partial charge in [0.2, 0.25) is 11.7 Å². The van der Waals surface area contributed by atoms with Crippen molar-refractivity contribution in [1.82, 2.24) is 25.1 Å². The maximum Gasteiger partial charge on any atom is 0.303 e. The number of hydrogen-bond donors (Lipinski definition) is 0. The lowest BCUT2D eigenvalue weighted by Gasteiger charge is -2.11. The van der Waals surface area contributed by atoms with E-state index in [9.17, 15) is 4.79 Å². The second-order valence-corrected chi connectivity index (χ2v) is 8.54. The zero-order chi connectivity index (χ0) is 25.1. The molecule has 0 aliphatic heterocycles. The number of nitrogens with zero attached hydrogens (tertiary/aromatic N) is 5. The van der Waals surface area contributed by atoms with Crippen LogP contribution < -0.4 is 9.47 Å². The first-order valence-corrected chi connectivity index (χ1v) is 11.5. The van der Waals surface area contributed by atoms with Crippen LogP contribution in [0.15, 0.2) is 53.3 Å². The molecule has 0 N–H and O–H groups in total. The predicted molar refractivity (Wildman–Crippen MR) is 128 cm³/mol. The van der Waals surface area contributed by atoms with Crippen LogP contribution in [0.4, 0.5) is 0 Å². The van der Waals surface area contributed by atoms with Crippen LogP contribution in [0.3, 0.4) is 0 Å². The lowest BCUT2D eigenvalue weighted by atomic mass is 10.1. The molecule has 0 saturated heterocycles. The molecule has 5 rings (SSSR count). The van der Waals surface area contributed by atoms with Gasteiger partial charge in [-0.3, -0.25) is 9.78 Å². The second kappa shape index (κ2) is 10.1. The van der Waals surface area contributed by atoms with Crippen molar-refractivity contribution < 1.29 is 23.5 Å². The summed E-state index contributed by atoms with van der Waals surface area (Å²) in [5.41, 5.74) is 3.52. The largest absolute Gasteiger partial charge is 0.495 e. The average Bonchev–Trinajstić information content (AvgIpc) is 3.52. The Balaban J connectivity index is 1.26. The van der Waals surface area contributed by atoms with Crippen molar-refractivity contribution in [2.24, 2.45) is 5.92 Å². The molecule has 3 aromatic heterocycles. The summed E-state index contributed by atoms with van der Waals surface area (Å²) in [6, 6.07) is 11.6. The van der Waals surface area contributed by atoms with E-state index in [0.717, 1.165) is 34.6 Å². The number of aryl methyl sites for hydroxylation is 1. The number of carbonyl (C=O) groups is 1. The van der Waals surface area contributed by atoms with E-state index >= 15 is 0 Å². The lowest BCUT2D eigenvalue weighted by molar-refractivity contribution is -0.143. The summed E-state index contributed by atoms with van der Waals surface area (Å²) in [6.07, 6.45) is 4.54. The maximum atomic E-state index is 11.0. The summed E-state index contributed by atoms with van der Waals surface area (Å²) >= 11 is 0. The van der Waals surface area contributed by atoms with Gasteiger partial charge in [-0.1, -0.05) is 29.4 Å². The molecular formula is C26H25N5O5. The fraction of sp³-hybridized carbons (Fsp3) is 0.308. The molecule has 1 saturated carbocycles. The molecule has 0 radical (unpaired) electrons. The molecule has 1 fully saturated rings. The quantitative estimate of drug-likeness (QED) is 0.318. The van der Waals surface area contributed by atoms with Gasteiger partial charge in [-0.05, 0) is 31.0 Å². The van der Waals surface area contributed by atoms with Crippen molar-refractivity contribution in [1.29, 1.82) is 0 Å². The van der Waals surface area contributed by atoms with E-state index in [-0.39, 0.29) is 12.5 Å². The number of ether oxygens (including phenoxy) is 3. The van der Waals surface area contributed by atoms with E-state index in [1.54, 1.807) is 19.5 Å². The molecular weight excluding hydrogens is 462 g/mol. The molecule has 3 heterocycles. The highest BCUT2D eigenvalue weighted by Crippen LogP contribution is 2.47. The SMILES string of the molecule is COc1ccc([C@H]2C[C@@H]2COc2nc(C)ncc2-c2ccc(-c3noc(COC(C)=O)n3)cc2)nc1. The Morgan fingerprint density at radius 1 is 1.06 bits per heavy atom. The molecule has 1 aliphatic carbocycles. The van der Waals surface area contributed by atoms with Gasteiger partial charge in [0.05, 0.1) is 25.5 Å². The van der Waals surface area contributed by atoms with E-state index in [1.165, 1.54) is 6.92 Å². The fourth-order valence-corrected chi connectivity index (χ4v) is 3.86. The van der Waals surface area contributed by atoms with Crippen molar-refractivity contribution in [3.05, 3.63) is 66.2 Å². The van der Waals surface area contributed by atoms with Gasteiger partial charge in [-0.25, -0.2) is 4.98 Å². The minimum atomic E-state index is -0.410. The van der Waals surface area contributed by atoms with Gasteiger partial charge in [0.15, 0.2) is 6.61 Å². The van der Waals surface area contributed by atoms with Gasteiger partial charge in [-0.15, -0.1) is 0 Å². The van der Waals surface area contributed by atoms with Crippen molar-refractivity contribution in [3.63, 3.8) is 0 Å². The predicted octanol–water partition coefficient (Wildman–Crippen LogP) is 4.15. The summed E-state index contributed by atoms with van der Waals surface area (Å²) in [4.78, 5) is 28.6. The van der Waals surface area contributed by atoms with Crippen LogP contribution in [-0.4, -0.2) is 44.8 Å². The van der Waals surface area contributed by atoms with Crippen LogP contribution in [0, 0.1) is 12.8 Å². The van der Waals surface area contributed by atoms with Gasteiger partial charge in [0.25, 0.3) is 5.89 Å². The Bertz CT molecular complexity index is 1350. The van der Waals surface area contributed by atoms with E-state index in [2.05, 4.69) is 25.1 Å². The molecule has 10 nitrogen and oxygen atoms in total. The summed E-state index contributed by atoms with van der Waals surface area (Å²) < 4.78 is 21.4. The van der Waals surface area contributed by atoms with Crippen molar-refractivity contribution >= 4 is 5.97 Å². The summed E-state index contributed by atoms with van der Waals surface area (Å²) in [5, 5.41) is 3.95. The summed E-state index contributed by atoms with van der Waals surface area (Å²) in [5.74, 6) is 2.93. The average molecular weight is 488 g/mol. The number of methoxy groups -OCH3 is 1. The van der Waals surface area contributed by atoms with Gasteiger partial charge >= 0.3 is 5.97 Å². The first kappa shape index (κ1) is 23.4. The third-order valence-corrected chi connectivity index (χ3v) is 5.93. The van der Waals surface area contributed by atoms with E-state index < -0.39 is 5.97 Å². The first-order chi connectivity index (χ1) is 17.5. The Labute approximate surface area is 207 Å². The second-order valence-electron chi connectivity index (χ2n) is 8.54. The van der Waals surface area contributed by atoms with Crippen molar-refractivity contribution in [2.45, 2.75) is 32.8 Å². The first-order valence-electron chi connectivity index (χ1n) is 11.5. The zero-order valence-corrected chi connectivity index (χ0v) is 20.2. The number of pyridine rings is 1. The molecule has 1 aliphatic rings.